The molecule has 0 spiro atoms. The van der Waals surface area contributed by atoms with Crippen LogP contribution in [-0.2, 0) is 20.0 Å². The van der Waals surface area contributed by atoms with Crippen LogP contribution in [0.2, 0.25) is 0 Å². The number of imidazole rings is 1. The smallest absolute Gasteiger partial charge is 0.247 e. The number of ether oxygens (including phenoxy) is 3. The fraction of sp³-hybridized carbons (Fsp3) is 0.750. The van der Waals surface area contributed by atoms with Crippen LogP contribution in [0.3, 0.4) is 0 Å². The molecule has 1 saturated heterocycles. The molecular weight excluding hydrogens is 443 g/mol. The number of fused-ring (bicyclic) bond motifs is 1. The van der Waals surface area contributed by atoms with Gasteiger partial charge < -0.3 is 19.3 Å². The molecule has 0 aliphatic carbocycles. The van der Waals surface area contributed by atoms with Crippen LogP contribution >= 0.6 is 23.5 Å². The Morgan fingerprint density at radius 1 is 1.23 bits per heavy atom. The van der Waals surface area contributed by atoms with Gasteiger partial charge >= 0.3 is 0 Å². The van der Waals surface area contributed by atoms with E-state index < -0.39 is 24.2 Å². The van der Waals surface area contributed by atoms with Gasteiger partial charge in [0.05, 0.1) is 12.8 Å². The highest BCUT2D eigenvalue weighted by Gasteiger charge is 2.58. The fourth-order valence-corrected chi connectivity index (χ4v) is 4.31. The van der Waals surface area contributed by atoms with Crippen LogP contribution in [0.1, 0.15) is 45.2 Å². The standard InChI is InChI=1S/C20H31FN4O4S2/c1-5-7-9-27-12-13-15(28-10-8-6-2)16(21)20(26,29-13)14-11-22-17-18(30-3)23-19(31-4)24-25(14)17/h11,13,15-16,26H,5-10,12H2,1-4H3/t13-,15-,16-,20+/m1/s1. The highest BCUT2D eigenvalue weighted by atomic mass is 32.2. The molecule has 4 atom stereocenters. The Bertz CT molecular complexity index is 858. The van der Waals surface area contributed by atoms with Crippen LogP contribution in [0.25, 0.3) is 5.65 Å². The molecule has 1 aliphatic rings. The summed E-state index contributed by atoms with van der Waals surface area (Å²) in [6.45, 7) is 5.17. The molecule has 2 aromatic rings. The van der Waals surface area contributed by atoms with Crippen LogP contribution in [0.5, 0.6) is 0 Å². The van der Waals surface area contributed by atoms with Crippen molar-refractivity contribution in [2.24, 2.45) is 0 Å². The number of hydrogen-bond donors (Lipinski definition) is 1. The van der Waals surface area contributed by atoms with Gasteiger partial charge in [-0.25, -0.2) is 18.9 Å². The third-order valence-electron chi connectivity index (χ3n) is 5.15. The van der Waals surface area contributed by atoms with Crippen LogP contribution in [0.4, 0.5) is 4.39 Å². The van der Waals surface area contributed by atoms with Gasteiger partial charge in [-0.3, -0.25) is 0 Å². The Kier molecular flexibility index (Phi) is 8.94. The molecule has 3 heterocycles. The summed E-state index contributed by atoms with van der Waals surface area (Å²) in [6, 6.07) is 0. The molecule has 1 fully saturated rings. The summed E-state index contributed by atoms with van der Waals surface area (Å²) in [5, 5.41) is 16.9. The minimum atomic E-state index is -2.26. The highest BCUT2D eigenvalue weighted by molar-refractivity contribution is 7.99. The molecule has 1 N–H and O–H groups in total. The van der Waals surface area contributed by atoms with Crippen molar-refractivity contribution in [2.45, 2.75) is 73.9 Å². The van der Waals surface area contributed by atoms with E-state index in [1.165, 1.54) is 34.2 Å². The lowest BCUT2D eigenvalue weighted by atomic mass is 10.0. The molecule has 11 heteroatoms. The van der Waals surface area contributed by atoms with Gasteiger partial charge in [0.15, 0.2) is 11.8 Å². The first-order chi connectivity index (χ1) is 15.0. The third kappa shape index (κ3) is 5.17. The van der Waals surface area contributed by atoms with E-state index in [9.17, 15) is 5.11 Å². The first kappa shape index (κ1) is 24.7. The van der Waals surface area contributed by atoms with Gasteiger partial charge in [-0.2, -0.15) is 0 Å². The van der Waals surface area contributed by atoms with Crippen LogP contribution in [-0.4, -0.2) is 75.4 Å². The molecular formula is C20H31FN4O4S2. The maximum absolute atomic E-state index is 15.7. The maximum atomic E-state index is 15.7. The molecule has 0 bridgehead atoms. The number of alkyl halides is 1. The molecule has 8 nitrogen and oxygen atoms in total. The van der Waals surface area contributed by atoms with Crippen molar-refractivity contribution in [1.29, 1.82) is 0 Å². The minimum absolute atomic E-state index is 0.114. The third-order valence-corrected chi connectivity index (χ3v) is 6.35. The number of thioether (sulfide) groups is 2. The van der Waals surface area contributed by atoms with Gasteiger partial charge in [0.2, 0.25) is 10.9 Å². The van der Waals surface area contributed by atoms with Crippen molar-refractivity contribution in [3.8, 4) is 0 Å². The number of aromatic nitrogens is 4. The molecule has 0 unspecified atom stereocenters. The largest absolute Gasteiger partial charge is 0.379 e. The monoisotopic (exact) mass is 474 g/mol. The first-order valence-electron chi connectivity index (χ1n) is 10.6. The summed E-state index contributed by atoms with van der Waals surface area (Å²) in [5.41, 5.74) is 0.554. The summed E-state index contributed by atoms with van der Waals surface area (Å²) in [6.07, 6.45) is 5.20. The summed E-state index contributed by atoms with van der Waals surface area (Å²) in [4.78, 5) is 8.76. The van der Waals surface area contributed by atoms with Gasteiger partial charge in [-0.15, -0.1) is 16.9 Å². The lowest BCUT2D eigenvalue weighted by Gasteiger charge is -2.24. The summed E-state index contributed by atoms with van der Waals surface area (Å²) < 4.78 is 34.5. The molecule has 0 radical (unpaired) electrons. The quantitative estimate of drug-likeness (QED) is 0.367. The molecule has 174 valence electrons. The summed E-state index contributed by atoms with van der Waals surface area (Å²) in [7, 11) is 0. The molecule has 0 saturated carbocycles. The van der Waals surface area contributed by atoms with Gasteiger partial charge in [0, 0.05) is 13.2 Å². The fourth-order valence-electron chi connectivity index (χ4n) is 3.41. The zero-order valence-corrected chi connectivity index (χ0v) is 20.0. The number of aliphatic hydroxyl groups is 1. The van der Waals surface area contributed by atoms with Crippen LogP contribution in [0.15, 0.2) is 16.4 Å². The van der Waals surface area contributed by atoms with Crippen LogP contribution < -0.4 is 0 Å². The summed E-state index contributed by atoms with van der Waals surface area (Å²) >= 11 is 2.76. The van der Waals surface area contributed by atoms with Crippen molar-refractivity contribution in [3.05, 3.63) is 11.9 Å². The van der Waals surface area contributed by atoms with Crippen molar-refractivity contribution >= 4 is 29.2 Å². The predicted octanol–water partition coefficient (Wildman–Crippen LogP) is 3.45. The van der Waals surface area contributed by atoms with Gasteiger partial charge in [-0.1, -0.05) is 38.5 Å². The molecule has 3 rings (SSSR count). The average molecular weight is 475 g/mol. The van der Waals surface area contributed by atoms with Crippen LogP contribution in [0, 0.1) is 0 Å². The topological polar surface area (TPSA) is 91.0 Å². The minimum Gasteiger partial charge on any atom is -0.379 e. The Balaban J connectivity index is 1.93. The van der Waals surface area contributed by atoms with E-state index in [-0.39, 0.29) is 12.3 Å². The average Bonchev–Trinajstić information content (AvgIpc) is 3.31. The molecule has 31 heavy (non-hydrogen) atoms. The van der Waals surface area contributed by atoms with Crippen molar-refractivity contribution in [1.82, 2.24) is 19.6 Å². The SMILES string of the molecule is CCCCOC[C@H]1O[C@@](O)(c2cnc3c(SC)nc(SC)nn23)[C@H](F)[C@@H]1OCCCC. The number of nitrogens with zero attached hydrogens (tertiary/aromatic N) is 4. The van der Waals surface area contributed by atoms with E-state index in [1.54, 1.807) is 0 Å². The summed E-state index contributed by atoms with van der Waals surface area (Å²) in [5.74, 6) is -2.26. The van der Waals surface area contributed by atoms with Gasteiger partial charge in [0.25, 0.3) is 0 Å². The normalized spacial score (nSPS) is 26.2. The second-order valence-corrected chi connectivity index (χ2v) is 8.93. The zero-order valence-electron chi connectivity index (χ0n) is 18.4. The zero-order chi connectivity index (χ0) is 22.4. The molecule has 1 aliphatic heterocycles. The molecule has 0 amide bonds. The van der Waals surface area contributed by atoms with E-state index in [0.717, 1.165) is 25.7 Å². The Labute approximate surface area is 190 Å². The molecule has 2 aromatic heterocycles. The van der Waals surface area contributed by atoms with E-state index >= 15 is 4.39 Å². The lowest BCUT2D eigenvalue weighted by Crippen LogP contribution is -2.40. The van der Waals surface area contributed by atoms with Crippen molar-refractivity contribution in [3.63, 3.8) is 0 Å². The Morgan fingerprint density at radius 2 is 1.97 bits per heavy atom. The second-order valence-electron chi connectivity index (χ2n) is 7.36. The van der Waals surface area contributed by atoms with E-state index in [0.29, 0.717) is 29.0 Å². The highest BCUT2D eigenvalue weighted by Crippen LogP contribution is 2.41. The van der Waals surface area contributed by atoms with Gasteiger partial charge in [0.1, 0.15) is 22.9 Å². The lowest BCUT2D eigenvalue weighted by molar-refractivity contribution is -0.232. The van der Waals surface area contributed by atoms with Crippen molar-refractivity contribution in [2.75, 3.05) is 32.3 Å². The number of halogens is 1. The number of rotatable bonds is 12. The van der Waals surface area contributed by atoms with Gasteiger partial charge in [-0.05, 0) is 25.4 Å². The number of unbranched alkanes of at least 4 members (excludes halogenated alkanes) is 2. The molecule has 0 aromatic carbocycles. The van der Waals surface area contributed by atoms with E-state index in [1.807, 2.05) is 19.4 Å². The second kappa shape index (κ2) is 11.2. The van der Waals surface area contributed by atoms with E-state index in [2.05, 4.69) is 22.0 Å². The maximum Gasteiger partial charge on any atom is 0.247 e. The van der Waals surface area contributed by atoms with Crippen molar-refractivity contribution < 1.29 is 23.7 Å². The number of hydrogen-bond acceptors (Lipinski definition) is 9. The Hall–Kier alpha value is -0.980. The van der Waals surface area contributed by atoms with E-state index in [4.69, 9.17) is 14.2 Å². The first-order valence-corrected chi connectivity index (χ1v) is 13.0. The Morgan fingerprint density at radius 3 is 2.65 bits per heavy atom. The predicted molar refractivity (Wildman–Crippen MR) is 118 cm³/mol.